The maximum absolute atomic E-state index is 11.8. The smallest absolute Gasteiger partial charge is 0.237 e. The van der Waals surface area contributed by atoms with Crippen LogP contribution in [0, 0.1) is 0 Å². The molecule has 0 radical (unpaired) electrons. The third-order valence-corrected chi connectivity index (χ3v) is 2.77. The molecule has 1 heterocycles. The summed E-state index contributed by atoms with van der Waals surface area (Å²) in [4.78, 5) is 16.1. The van der Waals surface area contributed by atoms with Gasteiger partial charge in [-0.2, -0.15) is 0 Å². The van der Waals surface area contributed by atoms with Gasteiger partial charge >= 0.3 is 0 Å². The van der Waals surface area contributed by atoms with Gasteiger partial charge in [-0.05, 0) is 20.8 Å². The predicted octanol–water partition coefficient (Wildman–Crippen LogP) is 1.10. The van der Waals surface area contributed by atoms with Gasteiger partial charge in [-0.15, -0.1) is 0 Å². The van der Waals surface area contributed by atoms with E-state index in [1.54, 1.807) is 26.5 Å². The Hall–Kier alpha value is -1.82. The fourth-order valence-electron chi connectivity index (χ4n) is 1.73. The number of methoxy groups -OCH3 is 2. The van der Waals surface area contributed by atoms with E-state index in [4.69, 9.17) is 9.47 Å². The van der Waals surface area contributed by atoms with Crippen molar-refractivity contribution in [1.82, 2.24) is 15.6 Å². The van der Waals surface area contributed by atoms with Gasteiger partial charge in [-0.1, -0.05) is 0 Å². The Balaban J connectivity index is 2.68. The summed E-state index contributed by atoms with van der Waals surface area (Å²) in [6.45, 7) is 6.09. The lowest BCUT2D eigenvalue weighted by atomic mass is 10.2. The second-order valence-corrected chi connectivity index (χ2v) is 4.76. The van der Waals surface area contributed by atoms with E-state index in [-0.39, 0.29) is 18.0 Å². The van der Waals surface area contributed by atoms with Gasteiger partial charge < -0.3 is 20.1 Å². The van der Waals surface area contributed by atoms with Gasteiger partial charge in [0.05, 0.1) is 26.0 Å². The van der Waals surface area contributed by atoms with E-state index < -0.39 is 0 Å². The Bertz CT molecular complexity index is 449. The van der Waals surface area contributed by atoms with Crippen LogP contribution in [0.3, 0.4) is 0 Å². The Morgan fingerprint density at radius 2 is 2.00 bits per heavy atom. The van der Waals surface area contributed by atoms with Crippen molar-refractivity contribution in [2.45, 2.75) is 39.4 Å². The van der Waals surface area contributed by atoms with Crippen molar-refractivity contribution in [2.24, 2.45) is 0 Å². The molecule has 0 aromatic carbocycles. The molecule has 0 aliphatic heterocycles. The number of hydrogen-bond acceptors (Lipinski definition) is 5. The lowest BCUT2D eigenvalue weighted by Crippen LogP contribution is -2.44. The summed E-state index contributed by atoms with van der Waals surface area (Å²) < 4.78 is 10.5. The summed E-state index contributed by atoms with van der Waals surface area (Å²) in [5.41, 5.74) is 0.705. The molecular weight excluding hydrogens is 258 g/mol. The Morgan fingerprint density at radius 1 is 1.30 bits per heavy atom. The molecule has 1 rings (SSSR count). The number of nitrogens with one attached hydrogen (secondary N) is 2. The first kappa shape index (κ1) is 16.2. The summed E-state index contributed by atoms with van der Waals surface area (Å²) >= 11 is 0. The minimum atomic E-state index is -0.310. The molecule has 0 aliphatic rings. The first-order chi connectivity index (χ1) is 9.49. The second-order valence-electron chi connectivity index (χ2n) is 4.76. The van der Waals surface area contributed by atoms with Crippen LogP contribution in [0.15, 0.2) is 12.3 Å². The quantitative estimate of drug-likeness (QED) is 0.783. The molecule has 1 atom stereocenters. The highest BCUT2D eigenvalue weighted by atomic mass is 16.5. The average molecular weight is 281 g/mol. The van der Waals surface area contributed by atoms with Crippen LogP contribution in [0.2, 0.25) is 0 Å². The van der Waals surface area contributed by atoms with Crippen LogP contribution < -0.4 is 20.1 Å². The molecule has 0 spiro atoms. The molecule has 1 aromatic heterocycles. The van der Waals surface area contributed by atoms with Gasteiger partial charge in [0.1, 0.15) is 0 Å². The number of carbonyl (C=O) groups excluding carboxylic acids is 1. The normalized spacial score (nSPS) is 12.1. The van der Waals surface area contributed by atoms with Crippen molar-refractivity contribution < 1.29 is 14.3 Å². The van der Waals surface area contributed by atoms with E-state index in [0.717, 1.165) is 0 Å². The SMILES string of the molecule is COc1ccnc(CNC(C)C(=O)NC(C)C)c1OC. The largest absolute Gasteiger partial charge is 0.493 e. The van der Waals surface area contributed by atoms with Crippen molar-refractivity contribution >= 4 is 5.91 Å². The maximum Gasteiger partial charge on any atom is 0.237 e. The topological polar surface area (TPSA) is 72.5 Å². The zero-order valence-electron chi connectivity index (χ0n) is 12.7. The highest BCUT2D eigenvalue weighted by molar-refractivity contribution is 5.81. The van der Waals surface area contributed by atoms with E-state index >= 15 is 0 Å². The molecule has 6 nitrogen and oxygen atoms in total. The van der Waals surface area contributed by atoms with E-state index in [9.17, 15) is 4.79 Å². The Morgan fingerprint density at radius 3 is 2.55 bits per heavy atom. The molecule has 1 aromatic rings. The monoisotopic (exact) mass is 281 g/mol. The van der Waals surface area contributed by atoms with E-state index in [2.05, 4.69) is 15.6 Å². The third kappa shape index (κ3) is 4.38. The number of amides is 1. The van der Waals surface area contributed by atoms with Crippen LogP contribution >= 0.6 is 0 Å². The molecular formula is C14H23N3O3. The number of carbonyl (C=O) groups is 1. The molecule has 1 amide bonds. The zero-order valence-corrected chi connectivity index (χ0v) is 12.7. The van der Waals surface area contributed by atoms with Gasteiger partial charge in [0.15, 0.2) is 11.5 Å². The zero-order chi connectivity index (χ0) is 15.1. The lowest BCUT2D eigenvalue weighted by Gasteiger charge is -2.17. The molecule has 20 heavy (non-hydrogen) atoms. The Labute approximate surface area is 119 Å². The van der Waals surface area contributed by atoms with Crippen molar-refractivity contribution in [3.05, 3.63) is 18.0 Å². The standard InChI is InChI=1S/C14H23N3O3/c1-9(2)17-14(18)10(3)16-8-11-13(20-5)12(19-4)6-7-15-11/h6-7,9-10,16H,8H2,1-5H3,(H,17,18). The Kier molecular flexibility index (Phi) is 6.24. The molecule has 112 valence electrons. The second kappa shape index (κ2) is 7.69. The van der Waals surface area contributed by atoms with Gasteiger partial charge in [0.25, 0.3) is 0 Å². The maximum atomic E-state index is 11.8. The molecule has 0 saturated carbocycles. The van der Waals surface area contributed by atoms with E-state index in [0.29, 0.717) is 23.7 Å². The summed E-state index contributed by atoms with van der Waals surface area (Å²) in [6.07, 6.45) is 1.65. The minimum absolute atomic E-state index is 0.0399. The number of aromatic nitrogens is 1. The summed E-state index contributed by atoms with van der Waals surface area (Å²) in [5.74, 6) is 1.17. The van der Waals surface area contributed by atoms with Crippen molar-refractivity contribution in [2.75, 3.05) is 14.2 Å². The molecule has 0 bridgehead atoms. The molecule has 6 heteroatoms. The van der Waals surface area contributed by atoms with Crippen LogP contribution in [0.1, 0.15) is 26.5 Å². The van der Waals surface area contributed by atoms with Crippen LogP contribution in [0.4, 0.5) is 0 Å². The summed E-state index contributed by atoms with van der Waals surface area (Å²) in [7, 11) is 3.14. The number of pyridine rings is 1. The first-order valence-corrected chi connectivity index (χ1v) is 6.59. The fourth-order valence-corrected chi connectivity index (χ4v) is 1.73. The molecule has 1 unspecified atom stereocenters. The minimum Gasteiger partial charge on any atom is -0.493 e. The molecule has 0 fully saturated rings. The molecule has 0 aliphatic carbocycles. The molecule has 0 saturated heterocycles. The summed E-state index contributed by atoms with van der Waals surface area (Å²) in [5, 5.41) is 5.97. The van der Waals surface area contributed by atoms with Crippen molar-refractivity contribution in [3.63, 3.8) is 0 Å². The van der Waals surface area contributed by atoms with Crippen molar-refractivity contribution in [1.29, 1.82) is 0 Å². The number of hydrogen-bond donors (Lipinski definition) is 2. The lowest BCUT2D eigenvalue weighted by molar-refractivity contribution is -0.123. The van der Waals surface area contributed by atoms with Gasteiger partial charge in [0.2, 0.25) is 5.91 Å². The van der Waals surface area contributed by atoms with Crippen LogP contribution in [0.25, 0.3) is 0 Å². The van der Waals surface area contributed by atoms with E-state index in [1.807, 2.05) is 20.8 Å². The highest BCUT2D eigenvalue weighted by Gasteiger charge is 2.16. The third-order valence-electron chi connectivity index (χ3n) is 2.77. The fraction of sp³-hybridized carbons (Fsp3) is 0.571. The number of ether oxygens (including phenoxy) is 2. The summed E-state index contributed by atoms with van der Waals surface area (Å²) in [6, 6.07) is 1.54. The van der Waals surface area contributed by atoms with Gasteiger partial charge in [-0.25, -0.2) is 0 Å². The average Bonchev–Trinajstić information content (AvgIpc) is 2.43. The van der Waals surface area contributed by atoms with Gasteiger partial charge in [-0.3, -0.25) is 9.78 Å². The highest BCUT2D eigenvalue weighted by Crippen LogP contribution is 2.28. The first-order valence-electron chi connectivity index (χ1n) is 6.59. The van der Waals surface area contributed by atoms with E-state index in [1.165, 1.54) is 0 Å². The predicted molar refractivity (Wildman–Crippen MR) is 76.9 cm³/mol. The van der Waals surface area contributed by atoms with Gasteiger partial charge in [0, 0.05) is 24.8 Å². The molecule has 2 N–H and O–H groups in total. The van der Waals surface area contributed by atoms with Crippen LogP contribution in [-0.4, -0.2) is 37.2 Å². The van der Waals surface area contributed by atoms with Crippen LogP contribution in [-0.2, 0) is 11.3 Å². The number of nitrogens with zero attached hydrogens (tertiary/aromatic N) is 1. The van der Waals surface area contributed by atoms with Crippen LogP contribution in [0.5, 0.6) is 11.5 Å². The van der Waals surface area contributed by atoms with Crippen molar-refractivity contribution in [3.8, 4) is 11.5 Å². The number of rotatable bonds is 7.